The van der Waals surface area contributed by atoms with Crippen molar-refractivity contribution in [2.45, 2.75) is 33.2 Å². The lowest BCUT2D eigenvalue weighted by molar-refractivity contribution is 0.414. The Balaban J connectivity index is 0.00000338. The van der Waals surface area contributed by atoms with Crippen LogP contribution in [0.4, 0.5) is 0 Å². The number of nitrogens with zero attached hydrogens (tertiary/aromatic N) is 3. The van der Waals surface area contributed by atoms with E-state index in [0.717, 1.165) is 49.9 Å². The third-order valence-corrected chi connectivity index (χ3v) is 4.85. The smallest absolute Gasteiger partial charge is 0.193 e. The summed E-state index contributed by atoms with van der Waals surface area (Å²) >= 11 is 1.73. The number of guanidine groups is 1. The molecule has 1 heterocycles. The van der Waals surface area contributed by atoms with Gasteiger partial charge < -0.3 is 15.0 Å². The van der Waals surface area contributed by atoms with Crippen molar-refractivity contribution in [1.82, 2.24) is 15.2 Å². The van der Waals surface area contributed by atoms with E-state index in [4.69, 9.17) is 9.73 Å². The first kappa shape index (κ1) is 22.7. The van der Waals surface area contributed by atoms with Gasteiger partial charge in [-0.25, -0.2) is 4.98 Å². The topological polar surface area (TPSA) is 49.8 Å². The van der Waals surface area contributed by atoms with Gasteiger partial charge in [-0.15, -0.1) is 35.3 Å². The van der Waals surface area contributed by atoms with E-state index in [2.05, 4.69) is 53.6 Å². The number of aromatic nitrogens is 1. The fourth-order valence-corrected chi connectivity index (χ4v) is 3.23. The summed E-state index contributed by atoms with van der Waals surface area (Å²) in [6.45, 7) is 6.61. The van der Waals surface area contributed by atoms with E-state index >= 15 is 0 Å². The number of aryl methyl sites for hydroxylation is 1. The highest BCUT2D eigenvalue weighted by Gasteiger charge is 2.07. The Labute approximate surface area is 177 Å². The summed E-state index contributed by atoms with van der Waals surface area (Å²) in [5.74, 6) is 1.80. The average Bonchev–Trinajstić information content (AvgIpc) is 3.09. The maximum absolute atomic E-state index is 5.21. The molecule has 5 nitrogen and oxygen atoms in total. The number of methoxy groups -OCH3 is 1. The molecule has 26 heavy (non-hydrogen) atoms. The van der Waals surface area contributed by atoms with Crippen molar-refractivity contribution in [1.29, 1.82) is 0 Å². The Morgan fingerprint density at radius 1 is 1.27 bits per heavy atom. The molecule has 1 aromatic carbocycles. The first-order chi connectivity index (χ1) is 12.2. The summed E-state index contributed by atoms with van der Waals surface area (Å²) in [6.07, 6.45) is 1.88. The van der Waals surface area contributed by atoms with Gasteiger partial charge in [0, 0.05) is 38.5 Å². The minimum Gasteiger partial charge on any atom is -0.497 e. The third-order valence-electron chi connectivity index (χ3n) is 3.81. The van der Waals surface area contributed by atoms with Gasteiger partial charge in [0.15, 0.2) is 5.96 Å². The predicted molar refractivity (Wildman–Crippen MR) is 121 cm³/mol. The molecule has 0 atom stereocenters. The Bertz CT molecular complexity index is 672. The van der Waals surface area contributed by atoms with Crippen molar-refractivity contribution in [3.63, 3.8) is 0 Å². The van der Waals surface area contributed by atoms with E-state index in [9.17, 15) is 0 Å². The Morgan fingerprint density at radius 3 is 2.58 bits per heavy atom. The molecule has 144 valence electrons. The molecule has 0 amide bonds. The van der Waals surface area contributed by atoms with Crippen molar-refractivity contribution >= 4 is 41.3 Å². The molecule has 0 radical (unpaired) electrons. The van der Waals surface area contributed by atoms with Gasteiger partial charge in [-0.05, 0) is 31.0 Å². The maximum Gasteiger partial charge on any atom is 0.193 e. The first-order valence-corrected chi connectivity index (χ1v) is 9.59. The zero-order valence-corrected chi connectivity index (χ0v) is 19.1. The summed E-state index contributed by atoms with van der Waals surface area (Å²) < 4.78 is 5.21. The van der Waals surface area contributed by atoms with Crippen LogP contribution in [-0.2, 0) is 19.4 Å². The van der Waals surface area contributed by atoms with Crippen LogP contribution < -0.4 is 10.1 Å². The van der Waals surface area contributed by atoms with Gasteiger partial charge in [0.2, 0.25) is 0 Å². The number of nitrogens with one attached hydrogen (secondary N) is 1. The van der Waals surface area contributed by atoms with Crippen molar-refractivity contribution in [2.24, 2.45) is 4.99 Å². The average molecular weight is 488 g/mol. The second kappa shape index (κ2) is 12.1. The minimum absolute atomic E-state index is 0. The van der Waals surface area contributed by atoms with Gasteiger partial charge in [-0.2, -0.15) is 0 Å². The Kier molecular flexibility index (Phi) is 10.6. The van der Waals surface area contributed by atoms with Gasteiger partial charge >= 0.3 is 0 Å². The number of rotatable bonds is 8. The molecule has 1 aromatic heterocycles. The van der Waals surface area contributed by atoms with E-state index in [1.54, 1.807) is 18.4 Å². The molecule has 0 unspecified atom stereocenters. The van der Waals surface area contributed by atoms with Gasteiger partial charge in [-0.3, -0.25) is 4.99 Å². The summed E-state index contributed by atoms with van der Waals surface area (Å²) in [4.78, 5) is 11.5. The molecule has 0 fully saturated rings. The minimum atomic E-state index is 0. The van der Waals surface area contributed by atoms with Crippen LogP contribution in [0.1, 0.15) is 30.1 Å². The van der Waals surface area contributed by atoms with Crippen molar-refractivity contribution < 1.29 is 4.74 Å². The molecule has 2 rings (SSSR count). The number of hydrogen-bond donors (Lipinski definition) is 1. The molecule has 0 aliphatic heterocycles. The summed E-state index contributed by atoms with van der Waals surface area (Å²) in [6, 6.07) is 8.14. The van der Waals surface area contributed by atoms with Gasteiger partial charge in [0.1, 0.15) is 5.75 Å². The van der Waals surface area contributed by atoms with Crippen LogP contribution in [0.15, 0.2) is 34.6 Å². The van der Waals surface area contributed by atoms with Crippen molar-refractivity contribution in [3.8, 4) is 5.75 Å². The van der Waals surface area contributed by atoms with Crippen molar-refractivity contribution in [3.05, 3.63) is 45.9 Å². The van der Waals surface area contributed by atoms with E-state index in [0.29, 0.717) is 0 Å². The number of hydrogen-bond acceptors (Lipinski definition) is 4. The standard InChI is InChI=1S/C19H28N4OS.HI/c1-5-18-22-16(14-25-18)11-12-21-19(20-6-2)23(3)13-15-7-9-17(24-4)10-8-15;/h7-10,14H,5-6,11-13H2,1-4H3,(H,20,21);1H. The summed E-state index contributed by atoms with van der Waals surface area (Å²) in [5, 5.41) is 6.70. The highest BCUT2D eigenvalue weighted by Crippen LogP contribution is 2.13. The van der Waals surface area contributed by atoms with Crippen LogP contribution in [0.3, 0.4) is 0 Å². The molecule has 0 aliphatic carbocycles. The molecular formula is C19H29IN4OS. The number of thiazole rings is 1. The van der Waals surface area contributed by atoms with Crippen LogP contribution in [0, 0.1) is 0 Å². The monoisotopic (exact) mass is 488 g/mol. The van der Waals surface area contributed by atoms with Gasteiger partial charge in [0.25, 0.3) is 0 Å². The zero-order valence-electron chi connectivity index (χ0n) is 16.0. The maximum atomic E-state index is 5.21. The normalized spacial score (nSPS) is 11.0. The molecule has 7 heteroatoms. The fraction of sp³-hybridized carbons (Fsp3) is 0.474. The lowest BCUT2D eigenvalue weighted by Gasteiger charge is -2.22. The highest BCUT2D eigenvalue weighted by molar-refractivity contribution is 14.0. The van der Waals surface area contributed by atoms with E-state index in [1.807, 2.05) is 12.1 Å². The second-order valence-corrected chi connectivity index (χ2v) is 6.72. The number of halogens is 1. The summed E-state index contributed by atoms with van der Waals surface area (Å²) in [7, 11) is 3.74. The molecular weight excluding hydrogens is 459 g/mol. The number of aliphatic imine (C=N–C) groups is 1. The fourth-order valence-electron chi connectivity index (χ4n) is 2.45. The quantitative estimate of drug-likeness (QED) is 0.347. The van der Waals surface area contributed by atoms with Crippen LogP contribution >= 0.6 is 35.3 Å². The largest absolute Gasteiger partial charge is 0.497 e. The zero-order chi connectivity index (χ0) is 18.1. The Morgan fingerprint density at radius 2 is 2.00 bits per heavy atom. The SMILES string of the molecule is CCNC(=NCCc1csc(CC)n1)N(C)Cc1ccc(OC)cc1.I. The molecule has 0 spiro atoms. The van der Waals surface area contributed by atoms with E-state index < -0.39 is 0 Å². The van der Waals surface area contributed by atoms with Crippen LogP contribution in [-0.4, -0.2) is 43.1 Å². The molecule has 0 saturated heterocycles. The lowest BCUT2D eigenvalue weighted by atomic mass is 10.2. The molecule has 2 aromatic rings. The second-order valence-electron chi connectivity index (χ2n) is 5.78. The van der Waals surface area contributed by atoms with Crippen molar-refractivity contribution in [2.75, 3.05) is 27.2 Å². The van der Waals surface area contributed by atoms with Crippen LogP contribution in [0.5, 0.6) is 5.75 Å². The third kappa shape index (κ3) is 7.11. The van der Waals surface area contributed by atoms with Gasteiger partial charge in [0.05, 0.1) is 17.8 Å². The summed E-state index contributed by atoms with van der Waals surface area (Å²) in [5.41, 5.74) is 2.36. The predicted octanol–water partition coefficient (Wildman–Crippen LogP) is 3.97. The van der Waals surface area contributed by atoms with Crippen LogP contribution in [0.2, 0.25) is 0 Å². The molecule has 1 N–H and O–H groups in total. The first-order valence-electron chi connectivity index (χ1n) is 8.71. The van der Waals surface area contributed by atoms with Gasteiger partial charge in [-0.1, -0.05) is 19.1 Å². The van der Waals surface area contributed by atoms with E-state index in [1.165, 1.54) is 10.6 Å². The molecule has 0 saturated carbocycles. The molecule has 0 aliphatic rings. The number of benzene rings is 1. The highest BCUT2D eigenvalue weighted by atomic mass is 127. The molecule has 0 bridgehead atoms. The number of ether oxygens (including phenoxy) is 1. The lowest BCUT2D eigenvalue weighted by Crippen LogP contribution is -2.38. The Hall–Kier alpha value is -1.35. The van der Waals surface area contributed by atoms with Crippen LogP contribution in [0.25, 0.3) is 0 Å². The van der Waals surface area contributed by atoms with E-state index in [-0.39, 0.29) is 24.0 Å².